The fourth-order valence-electron chi connectivity index (χ4n) is 1.88. The zero-order chi connectivity index (χ0) is 10.2. The molecule has 14 heavy (non-hydrogen) atoms. The van der Waals surface area contributed by atoms with Crippen molar-refractivity contribution in [3.05, 3.63) is 22.4 Å². The van der Waals surface area contributed by atoms with E-state index in [2.05, 4.69) is 0 Å². The Labute approximate surface area is 86.0 Å². The topological polar surface area (TPSA) is 57.5 Å². The van der Waals surface area contributed by atoms with Gasteiger partial charge in [-0.1, -0.05) is 12.5 Å². The Kier molecular flexibility index (Phi) is 2.33. The highest BCUT2D eigenvalue weighted by atomic mass is 32.1. The maximum Gasteiger partial charge on any atom is 0.312 e. The Bertz CT molecular complexity index is 327. The molecule has 1 aromatic heterocycles. The van der Waals surface area contributed by atoms with Gasteiger partial charge in [-0.15, -0.1) is 11.3 Å². The SMILES string of the molecule is O=C(O)C1(C(O)c2cccs2)CCC1. The highest BCUT2D eigenvalue weighted by Gasteiger charge is 2.51. The summed E-state index contributed by atoms with van der Waals surface area (Å²) in [7, 11) is 0. The lowest BCUT2D eigenvalue weighted by molar-refractivity contribution is -0.165. The fraction of sp³-hybridized carbons (Fsp3) is 0.500. The van der Waals surface area contributed by atoms with Gasteiger partial charge in [0.15, 0.2) is 0 Å². The number of thiophene rings is 1. The molecule has 76 valence electrons. The molecule has 0 radical (unpaired) electrons. The largest absolute Gasteiger partial charge is 0.481 e. The third kappa shape index (κ3) is 1.26. The van der Waals surface area contributed by atoms with Crippen molar-refractivity contribution in [2.24, 2.45) is 5.41 Å². The van der Waals surface area contributed by atoms with Crippen molar-refractivity contribution >= 4 is 17.3 Å². The van der Waals surface area contributed by atoms with Gasteiger partial charge in [-0.3, -0.25) is 4.79 Å². The molecule has 1 aromatic rings. The zero-order valence-corrected chi connectivity index (χ0v) is 8.46. The number of hydrogen-bond acceptors (Lipinski definition) is 3. The van der Waals surface area contributed by atoms with Crippen LogP contribution in [0.5, 0.6) is 0 Å². The van der Waals surface area contributed by atoms with E-state index in [0.29, 0.717) is 12.8 Å². The molecule has 0 amide bonds. The lowest BCUT2D eigenvalue weighted by Crippen LogP contribution is -2.43. The van der Waals surface area contributed by atoms with Crippen LogP contribution in [-0.4, -0.2) is 16.2 Å². The number of aliphatic hydroxyl groups is 1. The van der Waals surface area contributed by atoms with Crippen molar-refractivity contribution in [2.45, 2.75) is 25.4 Å². The normalized spacial score (nSPS) is 21.2. The Morgan fingerprint density at radius 3 is 2.64 bits per heavy atom. The minimum absolute atomic E-state index is 0.585. The molecule has 1 aliphatic carbocycles. The monoisotopic (exact) mass is 212 g/mol. The summed E-state index contributed by atoms with van der Waals surface area (Å²) in [6.07, 6.45) is 1.23. The molecule has 1 aliphatic rings. The highest BCUT2D eigenvalue weighted by Crippen LogP contribution is 2.51. The lowest BCUT2D eigenvalue weighted by Gasteiger charge is -2.41. The Morgan fingerprint density at radius 1 is 1.57 bits per heavy atom. The first kappa shape index (κ1) is 9.68. The van der Waals surface area contributed by atoms with E-state index in [1.807, 2.05) is 11.4 Å². The molecule has 0 bridgehead atoms. The van der Waals surface area contributed by atoms with E-state index in [4.69, 9.17) is 5.11 Å². The van der Waals surface area contributed by atoms with Gasteiger partial charge in [0.25, 0.3) is 0 Å². The average molecular weight is 212 g/mol. The van der Waals surface area contributed by atoms with Crippen LogP contribution in [0, 0.1) is 5.41 Å². The summed E-state index contributed by atoms with van der Waals surface area (Å²) >= 11 is 1.41. The molecule has 1 saturated carbocycles. The minimum Gasteiger partial charge on any atom is -0.481 e. The summed E-state index contributed by atoms with van der Waals surface area (Å²) in [5.41, 5.74) is -0.912. The number of carbonyl (C=O) groups is 1. The van der Waals surface area contributed by atoms with Gasteiger partial charge in [0.05, 0.1) is 5.41 Å². The molecule has 0 aliphatic heterocycles. The van der Waals surface area contributed by atoms with E-state index in [9.17, 15) is 9.90 Å². The fourth-order valence-corrected chi connectivity index (χ4v) is 2.71. The van der Waals surface area contributed by atoms with Gasteiger partial charge >= 0.3 is 5.97 Å². The molecule has 2 rings (SSSR count). The predicted octanol–water partition coefficient (Wildman–Crippen LogP) is 2.04. The number of aliphatic hydroxyl groups excluding tert-OH is 1. The van der Waals surface area contributed by atoms with Crippen LogP contribution in [0.15, 0.2) is 17.5 Å². The van der Waals surface area contributed by atoms with Crippen LogP contribution < -0.4 is 0 Å². The van der Waals surface area contributed by atoms with Crippen molar-refractivity contribution in [1.82, 2.24) is 0 Å². The molecule has 2 N–H and O–H groups in total. The van der Waals surface area contributed by atoms with E-state index in [0.717, 1.165) is 11.3 Å². The van der Waals surface area contributed by atoms with Gasteiger partial charge in [0.2, 0.25) is 0 Å². The number of aliphatic carboxylic acids is 1. The smallest absolute Gasteiger partial charge is 0.312 e. The van der Waals surface area contributed by atoms with Crippen LogP contribution in [0.4, 0.5) is 0 Å². The van der Waals surface area contributed by atoms with Crippen molar-refractivity contribution < 1.29 is 15.0 Å². The molecule has 0 aromatic carbocycles. The van der Waals surface area contributed by atoms with Crippen molar-refractivity contribution in [3.8, 4) is 0 Å². The van der Waals surface area contributed by atoms with E-state index in [1.165, 1.54) is 11.3 Å². The van der Waals surface area contributed by atoms with E-state index in [1.54, 1.807) is 6.07 Å². The van der Waals surface area contributed by atoms with Crippen molar-refractivity contribution in [3.63, 3.8) is 0 Å². The molecule has 0 spiro atoms. The molecule has 1 heterocycles. The molecule has 0 saturated heterocycles. The Morgan fingerprint density at radius 2 is 2.29 bits per heavy atom. The maximum atomic E-state index is 11.1. The molecule has 1 atom stereocenters. The van der Waals surface area contributed by atoms with E-state index < -0.39 is 17.5 Å². The van der Waals surface area contributed by atoms with Gasteiger partial charge < -0.3 is 10.2 Å². The van der Waals surface area contributed by atoms with Gasteiger partial charge in [-0.25, -0.2) is 0 Å². The van der Waals surface area contributed by atoms with Gasteiger partial charge in [0, 0.05) is 4.88 Å². The van der Waals surface area contributed by atoms with Crippen molar-refractivity contribution in [1.29, 1.82) is 0 Å². The van der Waals surface area contributed by atoms with E-state index in [-0.39, 0.29) is 0 Å². The molecule has 1 unspecified atom stereocenters. The molecule has 4 heteroatoms. The number of carboxylic acids is 1. The zero-order valence-electron chi connectivity index (χ0n) is 7.64. The summed E-state index contributed by atoms with van der Waals surface area (Å²) in [6.45, 7) is 0. The molecular formula is C10H12O3S. The first-order valence-corrected chi connectivity index (χ1v) is 5.50. The number of carboxylic acid groups (broad SMARTS) is 1. The average Bonchev–Trinajstić information content (AvgIpc) is 2.51. The maximum absolute atomic E-state index is 11.1. The first-order chi connectivity index (χ1) is 6.67. The van der Waals surface area contributed by atoms with E-state index >= 15 is 0 Å². The molecule has 3 nitrogen and oxygen atoms in total. The number of hydrogen-bond donors (Lipinski definition) is 2. The third-order valence-corrected chi connectivity index (χ3v) is 3.93. The second-order valence-corrected chi connectivity index (χ2v) is 4.71. The van der Waals surface area contributed by atoms with Crippen LogP contribution in [0.2, 0.25) is 0 Å². The van der Waals surface area contributed by atoms with Crippen LogP contribution in [0.25, 0.3) is 0 Å². The second-order valence-electron chi connectivity index (χ2n) is 3.73. The van der Waals surface area contributed by atoms with Crippen LogP contribution in [-0.2, 0) is 4.79 Å². The first-order valence-electron chi connectivity index (χ1n) is 4.62. The summed E-state index contributed by atoms with van der Waals surface area (Å²) < 4.78 is 0. The summed E-state index contributed by atoms with van der Waals surface area (Å²) in [6, 6.07) is 3.62. The Balaban J connectivity index is 2.25. The number of rotatable bonds is 3. The standard InChI is InChI=1S/C10H12O3S/c11-8(7-3-1-6-14-7)10(9(12)13)4-2-5-10/h1,3,6,8,11H,2,4-5H2,(H,12,13). The molecular weight excluding hydrogens is 200 g/mol. The minimum atomic E-state index is -0.912. The van der Waals surface area contributed by atoms with Gasteiger partial charge in [0.1, 0.15) is 6.10 Å². The lowest BCUT2D eigenvalue weighted by atomic mass is 9.65. The third-order valence-electron chi connectivity index (χ3n) is 3.01. The summed E-state index contributed by atoms with van der Waals surface area (Å²) in [4.78, 5) is 11.8. The quantitative estimate of drug-likeness (QED) is 0.806. The van der Waals surface area contributed by atoms with Crippen molar-refractivity contribution in [2.75, 3.05) is 0 Å². The molecule has 1 fully saturated rings. The summed E-state index contributed by atoms with van der Waals surface area (Å²) in [5.74, 6) is -0.871. The van der Waals surface area contributed by atoms with Crippen LogP contribution in [0.3, 0.4) is 0 Å². The summed E-state index contributed by atoms with van der Waals surface area (Å²) in [5, 5.41) is 20.9. The van der Waals surface area contributed by atoms with Crippen LogP contribution >= 0.6 is 11.3 Å². The predicted molar refractivity (Wildman–Crippen MR) is 53.2 cm³/mol. The second kappa shape index (κ2) is 3.37. The van der Waals surface area contributed by atoms with Gasteiger partial charge in [-0.05, 0) is 24.3 Å². The van der Waals surface area contributed by atoms with Crippen LogP contribution in [0.1, 0.15) is 30.2 Å². The van der Waals surface area contributed by atoms with Gasteiger partial charge in [-0.2, -0.15) is 0 Å². The highest BCUT2D eigenvalue weighted by molar-refractivity contribution is 7.10. The Hall–Kier alpha value is -0.870.